The Hall–Kier alpha value is -0.650. The molecule has 0 unspecified atom stereocenters. The van der Waals surface area contributed by atoms with Gasteiger partial charge in [0.1, 0.15) is 0 Å². The number of hydrogen-bond acceptors (Lipinski definition) is 4. The summed E-state index contributed by atoms with van der Waals surface area (Å²) in [5, 5.41) is 0. The highest BCUT2D eigenvalue weighted by Crippen LogP contribution is 2.15. The molecule has 1 aliphatic heterocycles. The molecule has 1 N–H and O–H groups in total. The third-order valence-corrected chi connectivity index (χ3v) is 5.77. The van der Waals surface area contributed by atoms with Crippen molar-refractivity contribution in [3.63, 3.8) is 0 Å². The molecule has 1 saturated heterocycles. The Balaban J connectivity index is 2.17. The predicted octanol–water partition coefficient (Wildman–Crippen LogP) is 1.05. The second kappa shape index (κ2) is 6.63. The minimum atomic E-state index is -3.58. The molecule has 118 valence electrons. The summed E-state index contributed by atoms with van der Waals surface area (Å²) < 4.78 is 32.2. The number of aromatic nitrogens is 1. The molecular weight excluding hydrogens is 407 g/mol. The molecule has 0 bridgehead atoms. The van der Waals surface area contributed by atoms with Gasteiger partial charge in [-0.15, -0.1) is 0 Å². The Morgan fingerprint density at radius 2 is 1.81 bits per heavy atom. The van der Waals surface area contributed by atoms with Crippen LogP contribution in [0.2, 0.25) is 0 Å². The van der Waals surface area contributed by atoms with Crippen LogP contribution in [-0.2, 0) is 10.2 Å². The molecule has 21 heavy (non-hydrogen) atoms. The van der Waals surface area contributed by atoms with E-state index in [0.29, 0.717) is 31.9 Å². The van der Waals surface area contributed by atoms with Crippen molar-refractivity contribution in [3.05, 3.63) is 28.7 Å². The van der Waals surface area contributed by atoms with Crippen molar-refractivity contribution in [3.8, 4) is 0 Å². The largest absolute Gasteiger partial charge is 0.311 e. The van der Waals surface area contributed by atoms with Gasteiger partial charge in [0.2, 0.25) is 0 Å². The minimum absolute atomic E-state index is 0.0236. The summed E-state index contributed by atoms with van der Waals surface area (Å²) in [6.07, 6.45) is 1.54. The van der Waals surface area contributed by atoms with E-state index in [-0.39, 0.29) is 11.6 Å². The second-order valence-electron chi connectivity index (χ2n) is 5.17. The monoisotopic (exact) mass is 426 g/mol. The summed E-state index contributed by atoms with van der Waals surface area (Å²) in [5.41, 5.74) is 0.256. The maximum absolute atomic E-state index is 12.3. The Morgan fingerprint density at radius 1 is 1.19 bits per heavy atom. The van der Waals surface area contributed by atoms with E-state index in [2.05, 4.69) is 30.7 Å². The van der Waals surface area contributed by atoms with Gasteiger partial charge in [0.25, 0.3) is 5.56 Å². The van der Waals surface area contributed by atoms with Gasteiger partial charge in [-0.05, 0) is 19.9 Å². The van der Waals surface area contributed by atoms with Crippen molar-refractivity contribution in [1.82, 2.24) is 12.0 Å². The molecule has 0 atom stereocenters. The first-order chi connectivity index (χ1) is 9.79. The summed E-state index contributed by atoms with van der Waals surface area (Å²) in [4.78, 5) is 11.7. The molecule has 9 heteroatoms. The second-order valence-corrected chi connectivity index (χ2v) is 8.21. The molecule has 1 aromatic heterocycles. The number of piperazine rings is 1. The lowest BCUT2D eigenvalue weighted by Gasteiger charge is -2.30. The molecular formula is C12H19IN4O3S. The van der Waals surface area contributed by atoms with Crippen molar-refractivity contribution in [2.45, 2.75) is 19.9 Å². The van der Waals surface area contributed by atoms with E-state index in [1.807, 2.05) is 13.8 Å². The van der Waals surface area contributed by atoms with Gasteiger partial charge < -0.3 is 4.57 Å². The van der Waals surface area contributed by atoms with E-state index < -0.39 is 10.2 Å². The summed E-state index contributed by atoms with van der Waals surface area (Å²) in [6.45, 7) is 6.07. The van der Waals surface area contributed by atoms with Crippen molar-refractivity contribution < 1.29 is 8.42 Å². The van der Waals surface area contributed by atoms with Gasteiger partial charge >= 0.3 is 10.2 Å². The fraction of sp³-hybridized carbons (Fsp3) is 0.583. The molecule has 0 aromatic carbocycles. The fourth-order valence-corrected chi connectivity index (χ4v) is 3.71. The average molecular weight is 426 g/mol. The summed E-state index contributed by atoms with van der Waals surface area (Å²) >= 11 is 2.19. The van der Waals surface area contributed by atoms with Crippen LogP contribution in [0.3, 0.4) is 0 Å². The number of nitrogens with one attached hydrogen (secondary N) is 1. The van der Waals surface area contributed by atoms with Crippen molar-refractivity contribution in [2.75, 3.05) is 30.9 Å². The Labute approximate surface area is 138 Å². The smallest absolute Gasteiger partial charge is 0.301 e. The SMILES string of the molecule is CC(C)n1cc(NS(=O)(=O)N2CCN(I)CC2)ccc1=O. The highest BCUT2D eigenvalue weighted by atomic mass is 127. The highest BCUT2D eigenvalue weighted by molar-refractivity contribution is 14.1. The predicted molar refractivity (Wildman–Crippen MR) is 90.8 cm³/mol. The molecule has 1 aromatic rings. The van der Waals surface area contributed by atoms with Gasteiger partial charge in [0, 0.05) is 67.3 Å². The van der Waals surface area contributed by atoms with Gasteiger partial charge in [0.05, 0.1) is 5.69 Å². The van der Waals surface area contributed by atoms with Crippen molar-refractivity contribution in [1.29, 1.82) is 0 Å². The maximum Gasteiger partial charge on any atom is 0.301 e. The molecule has 0 saturated carbocycles. The number of nitrogens with zero attached hydrogens (tertiary/aromatic N) is 3. The third-order valence-electron chi connectivity index (χ3n) is 3.27. The molecule has 0 amide bonds. The summed E-state index contributed by atoms with van der Waals surface area (Å²) in [6, 6.07) is 2.85. The zero-order valence-electron chi connectivity index (χ0n) is 12.0. The molecule has 7 nitrogen and oxygen atoms in total. The number of hydrogen-bond donors (Lipinski definition) is 1. The van der Waals surface area contributed by atoms with Gasteiger partial charge in [-0.3, -0.25) is 9.52 Å². The van der Waals surface area contributed by atoms with E-state index >= 15 is 0 Å². The minimum Gasteiger partial charge on any atom is -0.311 e. The molecule has 2 heterocycles. The third kappa shape index (κ3) is 4.18. The van der Waals surface area contributed by atoms with Crippen LogP contribution in [0.5, 0.6) is 0 Å². The summed E-state index contributed by atoms with van der Waals surface area (Å²) in [5.74, 6) is 0. The standard InChI is InChI=1S/C12H19IN4O3S/c1-10(2)17-9-11(3-4-12(17)18)14-21(19,20)16-7-5-15(13)6-8-16/h3-4,9-10,14H,5-8H2,1-2H3. The van der Waals surface area contributed by atoms with Crippen LogP contribution in [0.25, 0.3) is 0 Å². The Bertz CT molecular complexity index is 651. The Kier molecular flexibility index (Phi) is 5.28. The van der Waals surface area contributed by atoms with E-state index in [4.69, 9.17) is 0 Å². The quantitative estimate of drug-likeness (QED) is 0.577. The Morgan fingerprint density at radius 3 is 2.38 bits per heavy atom. The molecule has 0 aliphatic carbocycles. The van der Waals surface area contributed by atoms with Gasteiger partial charge in [0.15, 0.2) is 0 Å². The number of anilines is 1. The molecule has 1 aliphatic rings. The first kappa shape index (κ1) is 16.7. The lowest BCUT2D eigenvalue weighted by molar-refractivity contribution is 0.306. The average Bonchev–Trinajstić information content (AvgIpc) is 2.41. The van der Waals surface area contributed by atoms with E-state index in [1.165, 1.54) is 21.0 Å². The first-order valence-electron chi connectivity index (χ1n) is 6.70. The van der Waals surface area contributed by atoms with E-state index in [9.17, 15) is 13.2 Å². The lowest BCUT2D eigenvalue weighted by Crippen LogP contribution is -2.47. The zero-order valence-corrected chi connectivity index (χ0v) is 15.0. The molecule has 1 fully saturated rings. The lowest BCUT2D eigenvalue weighted by atomic mass is 10.3. The highest BCUT2D eigenvalue weighted by Gasteiger charge is 2.26. The number of halogens is 1. The van der Waals surface area contributed by atoms with E-state index in [0.717, 1.165) is 0 Å². The van der Waals surface area contributed by atoms with Gasteiger partial charge in [-0.1, -0.05) is 0 Å². The van der Waals surface area contributed by atoms with Crippen LogP contribution < -0.4 is 10.3 Å². The van der Waals surface area contributed by atoms with Crippen LogP contribution in [0.15, 0.2) is 23.1 Å². The van der Waals surface area contributed by atoms with Crippen LogP contribution in [0.1, 0.15) is 19.9 Å². The zero-order chi connectivity index (χ0) is 15.6. The number of pyridine rings is 1. The normalized spacial score (nSPS) is 18.1. The van der Waals surface area contributed by atoms with Crippen molar-refractivity contribution >= 4 is 38.8 Å². The van der Waals surface area contributed by atoms with Crippen LogP contribution in [0.4, 0.5) is 5.69 Å². The first-order valence-corrected chi connectivity index (χ1v) is 9.11. The molecule has 2 rings (SSSR count). The summed E-state index contributed by atoms with van der Waals surface area (Å²) in [7, 11) is -3.58. The fourth-order valence-electron chi connectivity index (χ4n) is 2.09. The van der Waals surface area contributed by atoms with Crippen molar-refractivity contribution in [2.24, 2.45) is 0 Å². The topological polar surface area (TPSA) is 74.7 Å². The van der Waals surface area contributed by atoms with Crippen LogP contribution in [-0.4, -0.2) is 46.6 Å². The van der Waals surface area contributed by atoms with Gasteiger partial charge in [-0.25, -0.2) is 3.11 Å². The van der Waals surface area contributed by atoms with Crippen LogP contribution in [0, 0.1) is 0 Å². The maximum atomic E-state index is 12.3. The van der Waals surface area contributed by atoms with Gasteiger partial charge in [-0.2, -0.15) is 12.7 Å². The van der Waals surface area contributed by atoms with Crippen LogP contribution >= 0.6 is 22.9 Å². The molecule has 0 radical (unpaired) electrons. The molecule has 0 spiro atoms. The van der Waals surface area contributed by atoms with E-state index in [1.54, 1.807) is 6.20 Å². The number of rotatable bonds is 4.